The first-order chi connectivity index (χ1) is 8.50. The molecule has 1 atom stereocenters. The number of nitrogens with zero attached hydrogens (tertiary/aromatic N) is 1. The Bertz CT molecular complexity index is 391. The molecule has 6 heteroatoms. The first kappa shape index (κ1) is 13.2. The van der Waals surface area contributed by atoms with Gasteiger partial charge < -0.3 is 9.64 Å². The third-order valence-corrected chi connectivity index (χ3v) is 2.95. The maximum absolute atomic E-state index is 12.4. The Hall–Kier alpha value is -1.27. The van der Waals surface area contributed by atoms with Crippen molar-refractivity contribution in [2.45, 2.75) is 12.4 Å². The first-order valence-electron chi connectivity index (χ1n) is 5.72. The minimum Gasteiger partial charge on any atom is -0.365 e. The maximum Gasteiger partial charge on any atom is 0.416 e. The Morgan fingerprint density at radius 2 is 1.94 bits per heavy atom. The summed E-state index contributed by atoms with van der Waals surface area (Å²) in [7, 11) is 1.79. The lowest BCUT2D eigenvalue weighted by molar-refractivity contribution is -0.137. The van der Waals surface area contributed by atoms with Crippen LogP contribution in [0.1, 0.15) is 5.56 Å². The van der Waals surface area contributed by atoms with Crippen molar-refractivity contribution in [2.75, 3.05) is 31.6 Å². The number of ether oxygens (including phenoxy) is 1. The van der Waals surface area contributed by atoms with Gasteiger partial charge >= 0.3 is 6.18 Å². The number of rotatable bonds is 2. The van der Waals surface area contributed by atoms with Crippen molar-refractivity contribution in [1.82, 2.24) is 5.32 Å². The lowest BCUT2D eigenvalue weighted by atomic mass is 10.2. The predicted octanol–water partition coefficient (Wildman–Crippen LogP) is 2.09. The molecule has 1 saturated heterocycles. The molecule has 18 heavy (non-hydrogen) atoms. The molecular weight excluding hydrogens is 245 g/mol. The fourth-order valence-electron chi connectivity index (χ4n) is 1.92. The average molecular weight is 260 g/mol. The highest BCUT2D eigenvalue weighted by molar-refractivity contribution is 5.48. The lowest BCUT2D eigenvalue weighted by Gasteiger charge is -2.34. The summed E-state index contributed by atoms with van der Waals surface area (Å²) in [5, 5.41) is 3.00. The zero-order chi connectivity index (χ0) is 13.2. The van der Waals surface area contributed by atoms with Gasteiger partial charge in [0.25, 0.3) is 0 Å². The van der Waals surface area contributed by atoms with Gasteiger partial charge in [-0.2, -0.15) is 13.2 Å². The smallest absolute Gasteiger partial charge is 0.365 e. The number of hydrogen-bond acceptors (Lipinski definition) is 3. The second kappa shape index (κ2) is 5.16. The van der Waals surface area contributed by atoms with E-state index in [-0.39, 0.29) is 6.23 Å². The molecule has 100 valence electrons. The summed E-state index contributed by atoms with van der Waals surface area (Å²) in [6.07, 6.45) is -4.36. The van der Waals surface area contributed by atoms with Crippen LogP contribution in [0.4, 0.5) is 18.9 Å². The third-order valence-electron chi connectivity index (χ3n) is 2.95. The summed E-state index contributed by atoms with van der Waals surface area (Å²) >= 11 is 0. The molecule has 0 aliphatic carbocycles. The third kappa shape index (κ3) is 2.94. The number of nitrogens with one attached hydrogen (secondary N) is 1. The van der Waals surface area contributed by atoms with Gasteiger partial charge in [-0.15, -0.1) is 0 Å². The van der Waals surface area contributed by atoms with E-state index < -0.39 is 11.7 Å². The molecule has 1 heterocycles. The average Bonchev–Trinajstić information content (AvgIpc) is 2.38. The van der Waals surface area contributed by atoms with Crippen LogP contribution in [0.15, 0.2) is 24.3 Å². The van der Waals surface area contributed by atoms with Crippen LogP contribution in [0, 0.1) is 0 Å². The molecule has 1 fully saturated rings. The van der Waals surface area contributed by atoms with Gasteiger partial charge in [0.1, 0.15) is 6.23 Å². The molecule has 3 nitrogen and oxygen atoms in total. The van der Waals surface area contributed by atoms with Crippen molar-refractivity contribution in [2.24, 2.45) is 0 Å². The Balaban J connectivity index is 2.09. The van der Waals surface area contributed by atoms with Crippen LogP contribution in [-0.4, -0.2) is 33.0 Å². The highest BCUT2D eigenvalue weighted by Crippen LogP contribution is 2.30. The fraction of sp³-hybridized carbons (Fsp3) is 0.500. The summed E-state index contributed by atoms with van der Waals surface area (Å²) in [5.41, 5.74) is 0.163. The number of halogens is 3. The van der Waals surface area contributed by atoms with E-state index in [1.807, 2.05) is 4.90 Å². The summed E-state index contributed by atoms with van der Waals surface area (Å²) < 4.78 is 42.7. The molecule has 0 spiro atoms. The van der Waals surface area contributed by atoms with Gasteiger partial charge in [0.15, 0.2) is 0 Å². The molecule has 0 amide bonds. The van der Waals surface area contributed by atoms with Crippen molar-refractivity contribution >= 4 is 5.69 Å². The van der Waals surface area contributed by atoms with Gasteiger partial charge in [-0.05, 0) is 31.3 Å². The molecule has 2 rings (SSSR count). The van der Waals surface area contributed by atoms with E-state index in [0.717, 1.165) is 17.8 Å². The molecule has 0 radical (unpaired) electrons. The van der Waals surface area contributed by atoms with Gasteiger partial charge in [-0.25, -0.2) is 0 Å². The fourth-order valence-corrected chi connectivity index (χ4v) is 1.92. The molecule has 0 aromatic heterocycles. The van der Waals surface area contributed by atoms with Crippen LogP contribution in [0.3, 0.4) is 0 Å². The number of anilines is 1. The highest BCUT2D eigenvalue weighted by Gasteiger charge is 2.30. The lowest BCUT2D eigenvalue weighted by Crippen LogP contribution is -2.48. The van der Waals surface area contributed by atoms with E-state index in [2.05, 4.69) is 5.32 Å². The molecular formula is C12H15F3N2O. The first-order valence-corrected chi connectivity index (χ1v) is 5.72. The minimum atomic E-state index is -4.28. The van der Waals surface area contributed by atoms with Crippen molar-refractivity contribution in [1.29, 1.82) is 0 Å². The highest BCUT2D eigenvalue weighted by atomic mass is 19.4. The van der Waals surface area contributed by atoms with E-state index >= 15 is 0 Å². The van der Waals surface area contributed by atoms with Crippen LogP contribution in [0.2, 0.25) is 0 Å². The van der Waals surface area contributed by atoms with Crippen molar-refractivity contribution in [3.05, 3.63) is 29.8 Å². The van der Waals surface area contributed by atoms with Gasteiger partial charge in [0.05, 0.1) is 18.7 Å². The second-order valence-electron chi connectivity index (χ2n) is 4.14. The zero-order valence-electron chi connectivity index (χ0n) is 10.00. The number of morpholine rings is 1. The van der Waals surface area contributed by atoms with E-state index in [0.29, 0.717) is 19.7 Å². The molecule has 1 aliphatic heterocycles. The standard InChI is InChI=1S/C12H15F3N2O/c1-16-11-8-17(6-7-18-11)10-4-2-9(3-5-10)12(13,14)15/h2-5,11,16H,6-8H2,1H3. The molecule has 1 aliphatic rings. The van der Waals surface area contributed by atoms with Crippen molar-refractivity contribution in [3.63, 3.8) is 0 Å². The Labute approximate surface area is 104 Å². The maximum atomic E-state index is 12.4. The number of alkyl halides is 3. The van der Waals surface area contributed by atoms with Gasteiger partial charge in [0.2, 0.25) is 0 Å². The SMILES string of the molecule is CNC1CN(c2ccc(C(F)(F)F)cc2)CCO1. The van der Waals surface area contributed by atoms with Gasteiger partial charge in [-0.1, -0.05) is 0 Å². The summed E-state index contributed by atoms with van der Waals surface area (Å²) in [5.74, 6) is 0. The van der Waals surface area contributed by atoms with Crippen molar-refractivity contribution < 1.29 is 17.9 Å². The van der Waals surface area contributed by atoms with Crippen LogP contribution in [0.5, 0.6) is 0 Å². The molecule has 1 aromatic carbocycles. The number of benzene rings is 1. The zero-order valence-corrected chi connectivity index (χ0v) is 10.00. The molecule has 0 saturated carbocycles. The normalized spacial score (nSPS) is 21.1. The summed E-state index contributed by atoms with van der Waals surface area (Å²) in [6.45, 7) is 1.87. The molecule has 1 N–H and O–H groups in total. The van der Waals surface area contributed by atoms with E-state index in [9.17, 15) is 13.2 Å². The minimum absolute atomic E-state index is 0.0824. The second-order valence-corrected chi connectivity index (χ2v) is 4.14. The molecule has 1 aromatic rings. The molecule has 0 bridgehead atoms. The quantitative estimate of drug-likeness (QED) is 0.881. The van der Waals surface area contributed by atoms with Gasteiger partial charge in [0, 0.05) is 12.2 Å². The Morgan fingerprint density at radius 1 is 1.28 bits per heavy atom. The van der Waals surface area contributed by atoms with Crippen LogP contribution in [-0.2, 0) is 10.9 Å². The Kier molecular flexibility index (Phi) is 3.77. The van der Waals surface area contributed by atoms with E-state index in [1.165, 1.54) is 12.1 Å². The number of likely N-dealkylation sites (N-methyl/N-ethyl adjacent to an activating group) is 1. The summed E-state index contributed by atoms with van der Waals surface area (Å²) in [4.78, 5) is 2.00. The molecule has 1 unspecified atom stereocenters. The largest absolute Gasteiger partial charge is 0.416 e. The number of hydrogen-bond donors (Lipinski definition) is 1. The topological polar surface area (TPSA) is 24.5 Å². The van der Waals surface area contributed by atoms with Crippen LogP contribution < -0.4 is 10.2 Å². The van der Waals surface area contributed by atoms with E-state index in [1.54, 1.807) is 7.05 Å². The van der Waals surface area contributed by atoms with E-state index in [4.69, 9.17) is 4.74 Å². The van der Waals surface area contributed by atoms with Crippen LogP contribution in [0.25, 0.3) is 0 Å². The van der Waals surface area contributed by atoms with Crippen molar-refractivity contribution in [3.8, 4) is 0 Å². The predicted molar refractivity (Wildman–Crippen MR) is 62.5 cm³/mol. The monoisotopic (exact) mass is 260 g/mol. The Morgan fingerprint density at radius 3 is 2.50 bits per heavy atom. The summed E-state index contributed by atoms with van der Waals surface area (Å²) in [6, 6.07) is 5.22. The van der Waals surface area contributed by atoms with Gasteiger partial charge in [-0.3, -0.25) is 5.32 Å². The van der Waals surface area contributed by atoms with Crippen LogP contribution >= 0.6 is 0 Å².